The van der Waals surface area contributed by atoms with Crippen molar-refractivity contribution < 1.29 is 28.6 Å². The van der Waals surface area contributed by atoms with Crippen LogP contribution in [0.3, 0.4) is 0 Å². The highest BCUT2D eigenvalue weighted by Gasteiger charge is 2.36. The standard InChI is InChI=1S/C31H32N2O6/c1-20-7-6-8-23(17-20)33-29(35)25(28(34)32-30(33)36)18-21-9-14-26(27(19-21)37-5)39-16-15-38-24-12-10-22(11-13-24)31(2,3)4/h6-14,17-19H,15-16H2,1-5H3,(H,32,34,36)/b25-18+. The Labute approximate surface area is 228 Å². The lowest BCUT2D eigenvalue weighted by Crippen LogP contribution is -2.54. The van der Waals surface area contributed by atoms with Gasteiger partial charge >= 0.3 is 6.03 Å². The minimum Gasteiger partial charge on any atom is -0.493 e. The fourth-order valence-electron chi connectivity index (χ4n) is 4.08. The fraction of sp³-hybridized carbons (Fsp3) is 0.258. The van der Waals surface area contributed by atoms with Gasteiger partial charge in [0.25, 0.3) is 11.8 Å². The number of carbonyl (C=O) groups excluding carboxylic acids is 3. The Bertz CT molecular complexity index is 1420. The van der Waals surface area contributed by atoms with Gasteiger partial charge < -0.3 is 14.2 Å². The summed E-state index contributed by atoms with van der Waals surface area (Å²) >= 11 is 0. The quantitative estimate of drug-likeness (QED) is 0.238. The lowest BCUT2D eigenvalue weighted by atomic mass is 9.87. The Kier molecular flexibility index (Phi) is 8.04. The third kappa shape index (κ3) is 6.46. The molecular weight excluding hydrogens is 496 g/mol. The third-order valence-electron chi connectivity index (χ3n) is 6.19. The molecule has 4 amide bonds. The van der Waals surface area contributed by atoms with Crippen molar-refractivity contribution in [3.63, 3.8) is 0 Å². The van der Waals surface area contributed by atoms with Crippen LogP contribution in [0.1, 0.15) is 37.5 Å². The molecule has 202 valence electrons. The molecule has 4 rings (SSSR count). The van der Waals surface area contributed by atoms with E-state index in [1.54, 1.807) is 36.4 Å². The molecular formula is C31H32N2O6. The lowest BCUT2D eigenvalue weighted by molar-refractivity contribution is -0.122. The summed E-state index contributed by atoms with van der Waals surface area (Å²) in [5.41, 5.74) is 2.92. The van der Waals surface area contributed by atoms with Crippen LogP contribution < -0.4 is 24.4 Å². The molecule has 8 nitrogen and oxygen atoms in total. The molecule has 1 aliphatic rings. The number of ether oxygens (including phenoxy) is 3. The molecule has 1 saturated heterocycles. The monoisotopic (exact) mass is 528 g/mol. The van der Waals surface area contributed by atoms with Gasteiger partial charge in [-0.25, -0.2) is 9.69 Å². The van der Waals surface area contributed by atoms with Gasteiger partial charge in [0.05, 0.1) is 12.8 Å². The van der Waals surface area contributed by atoms with Crippen LogP contribution in [0.4, 0.5) is 10.5 Å². The SMILES string of the molecule is COc1cc(/C=C2\C(=O)NC(=O)N(c3cccc(C)c3)C2=O)ccc1OCCOc1ccc(C(C)(C)C)cc1. The highest BCUT2D eigenvalue weighted by molar-refractivity contribution is 6.39. The van der Waals surface area contributed by atoms with Crippen molar-refractivity contribution in [1.29, 1.82) is 0 Å². The number of nitrogens with one attached hydrogen (secondary N) is 1. The first-order valence-corrected chi connectivity index (χ1v) is 12.6. The predicted molar refractivity (Wildman–Crippen MR) is 149 cm³/mol. The van der Waals surface area contributed by atoms with E-state index in [2.05, 4.69) is 38.2 Å². The van der Waals surface area contributed by atoms with Crippen LogP contribution in [-0.4, -0.2) is 38.2 Å². The first-order valence-electron chi connectivity index (χ1n) is 12.6. The minimum absolute atomic E-state index is 0.0756. The number of methoxy groups -OCH3 is 1. The highest BCUT2D eigenvalue weighted by atomic mass is 16.5. The summed E-state index contributed by atoms with van der Waals surface area (Å²) < 4.78 is 17.1. The van der Waals surface area contributed by atoms with Gasteiger partial charge in [-0.2, -0.15) is 0 Å². The molecule has 0 bridgehead atoms. The molecule has 39 heavy (non-hydrogen) atoms. The fourth-order valence-corrected chi connectivity index (χ4v) is 4.08. The topological polar surface area (TPSA) is 94.2 Å². The lowest BCUT2D eigenvalue weighted by Gasteiger charge is -2.26. The normalized spacial score (nSPS) is 14.8. The van der Waals surface area contributed by atoms with E-state index in [-0.39, 0.29) is 17.6 Å². The van der Waals surface area contributed by atoms with E-state index in [9.17, 15) is 14.4 Å². The molecule has 0 atom stereocenters. The zero-order valence-electron chi connectivity index (χ0n) is 22.7. The summed E-state index contributed by atoms with van der Waals surface area (Å²) in [6.45, 7) is 8.95. The molecule has 0 radical (unpaired) electrons. The van der Waals surface area contributed by atoms with Crippen molar-refractivity contribution in [3.8, 4) is 17.2 Å². The van der Waals surface area contributed by atoms with Crippen molar-refractivity contribution >= 4 is 29.6 Å². The van der Waals surface area contributed by atoms with E-state index >= 15 is 0 Å². The van der Waals surface area contributed by atoms with Gasteiger partial charge in [-0.1, -0.05) is 51.1 Å². The van der Waals surface area contributed by atoms with Crippen LogP contribution in [0.25, 0.3) is 6.08 Å². The molecule has 1 fully saturated rings. The number of rotatable bonds is 8. The summed E-state index contributed by atoms with van der Waals surface area (Å²) in [6, 6.07) is 19.2. The summed E-state index contributed by atoms with van der Waals surface area (Å²) in [5.74, 6) is 0.202. The molecule has 1 heterocycles. The number of hydrogen-bond donors (Lipinski definition) is 1. The number of carbonyl (C=O) groups is 3. The van der Waals surface area contributed by atoms with Crippen LogP contribution in [-0.2, 0) is 15.0 Å². The van der Waals surface area contributed by atoms with E-state index in [0.717, 1.165) is 16.2 Å². The Morgan fingerprint density at radius 3 is 2.26 bits per heavy atom. The second-order valence-electron chi connectivity index (χ2n) is 10.2. The van der Waals surface area contributed by atoms with Crippen molar-refractivity contribution in [1.82, 2.24) is 5.32 Å². The molecule has 0 aromatic heterocycles. The molecule has 1 aliphatic heterocycles. The Hall–Kier alpha value is -4.59. The number of urea groups is 1. The van der Waals surface area contributed by atoms with Gasteiger partial charge in [0.1, 0.15) is 24.5 Å². The van der Waals surface area contributed by atoms with Gasteiger partial charge in [0.2, 0.25) is 0 Å². The molecule has 1 N–H and O–H groups in total. The van der Waals surface area contributed by atoms with E-state index in [1.165, 1.54) is 18.7 Å². The van der Waals surface area contributed by atoms with Gasteiger partial charge in [0, 0.05) is 0 Å². The highest BCUT2D eigenvalue weighted by Crippen LogP contribution is 2.30. The van der Waals surface area contributed by atoms with Crippen LogP contribution >= 0.6 is 0 Å². The molecule has 0 unspecified atom stereocenters. The number of barbiturate groups is 1. The smallest absolute Gasteiger partial charge is 0.335 e. The van der Waals surface area contributed by atoms with Gasteiger partial charge in [-0.05, 0) is 71.5 Å². The van der Waals surface area contributed by atoms with E-state index < -0.39 is 17.8 Å². The maximum Gasteiger partial charge on any atom is 0.335 e. The minimum atomic E-state index is -0.790. The number of anilines is 1. The Morgan fingerprint density at radius 1 is 0.872 bits per heavy atom. The largest absolute Gasteiger partial charge is 0.493 e. The van der Waals surface area contributed by atoms with Crippen molar-refractivity contribution in [3.05, 3.63) is 89.0 Å². The average molecular weight is 529 g/mol. The summed E-state index contributed by atoms with van der Waals surface area (Å²) in [5, 5.41) is 2.24. The molecule has 0 aliphatic carbocycles. The number of benzene rings is 3. The maximum absolute atomic E-state index is 13.1. The van der Waals surface area contributed by atoms with Gasteiger partial charge in [-0.3, -0.25) is 14.9 Å². The Morgan fingerprint density at radius 2 is 1.59 bits per heavy atom. The summed E-state index contributed by atoms with van der Waals surface area (Å²) in [4.78, 5) is 39.1. The number of nitrogens with zero attached hydrogens (tertiary/aromatic N) is 1. The number of amides is 4. The molecule has 8 heteroatoms. The summed E-state index contributed by atoms with van der Waals surface area (Å²) in [7, 11) is 1.50. The van der Waals surface area contributed by atoms with Crippen molar-refractivity contribution in [2.24, 2.45) is 0 Å². The molecule has 3 aromatic carbocycles. The van der Waals surface area contributed by atoms with Crippen LogP contribution in [0.5, 0.6) is 17.2 Å². The first kappa shape index (κ1) is 27.4. The zero-order valence-corrected chi connectivity index (χ0v) is 22.7. The number of imide groups is 2. The van der Waals surface area contributed by atoms with E-state index in [4.69, 9.17) is 14.2 Å². The third-order valence-corrected chi connectivity index (χ3v) is 6.19. The second-order valence-corrected chi connectivity index (χ2v) is 10.2. The second kappa shape index (κ2) is 11.4. The molecule has 0 saturated carbocycles. The predicted octanol–water partition coefficient (Wildman–Crippen LogP) is 5.43. The van der Waals surface area contributed by atoms with Crippen LogP contribution in [0.2, 0.25) is 0 Å². The summed E-state index contributed by atoms with van der Waals surface area (Å²) in [6.07, 6.45) is 1.42. The Balaban J connectivity index is 1.43. The van der Waals surface area contributed by atoms with E-state index in [0.29, 0.717) is 29.4 Å². The first-order chi connectivity index (χ1) is 18.6. The maximum atomic E-state index is 13.1. The van der Waals surface area contributed by atoms with Crippen molar-refractivity contribution in [2.75, 3.05) is 25.2 Å². The molecule has 3 aromatic rings. The zero-order chi connectivity index (χ0) is 28.2. The number of aryl methyl sites for hydroxylation is 1. The van der Waals surface area contributed by atoms with Crippen LogP contribution in [0, 0.1) is 6.92 Å². The number of hydrogen-bond acceptors (Lipinski definition) is 6. The van der Waals surface area contributed by atoms with Gasteiger partial charge in [-0.15, -0.1) is 0 Å². The average Bonchev–Trinajstić information content (AvgIpc) is 2.89. The molecule has 0 spiro atoms. The van der Waals surface area contributed by atoms with Crippen molar-refractivity contribution in [2.45, 2.75) is 33.1 Å². The van der Waals surface area contributed by atoms with E-state index in [1.807, 2.05) is 25.1 Å². The van der Waals surface area contributed by atoms with Gasteiger partial charge in [0.15, 0.2) is 11.5 Å². The van der Waals surface area contributed by atoms with Crippen LogP contribution in [0.15, 0.2) is 72.3 Å².